The molecular weight excluding hydrogens is 402 g/mol. The van der Waals surface area contributed by atoms with Gasteiger partial charge in [-0.25, -0.2) is 4.98 Å². The van der Waals surface area contributed by atoms with Gasteiger partial charge < -0.3 is 15.1 Å². The molecule has 176 valence electrons. The predicted octanol–water partition coefficient (Wildman–Crippen LogP) is 3.04. The number of hydrogen-bond acceptors (Lipinski definition) is 5. The summed E-state index contributed by atoms with van der Waals surface area (Å²) in [5.74, 6) is 0.843. The summed E-state index contributed by atoms with van der Waals surface area (Å²) in [5, 5.41) is 3.48. The highest BCUT2D eigenvalue weighted by Gasteiger charge is 2.23. The van der Waals surface area contributed by atoms with Crippen molar-refractivity contribution in [3.63, 3.8) is 0 Å². The Morgan fingerprint density at radius 1 is 1.19 bits per heavy atom. The summed E-state index contributed by atoms with van der Waals surface area (Å²) in [6.07, 6.45) is 2.82. The molecule has 1 N–H and O–H groups in total. The summed E-state index contributed by atoms with van der Waals surface area (Å²) in [6.45, 7) is 13.3. The van der Waals surface area contributed by atoms with Crippen LogP contribution in [-0.2, 0) is 17.8 Å². The summed E-state index contributed by atoms with van der Waals surface area (Å²) >= 11 is 0. The minimum atomic E-state index is -0.161. The Morgan fingerprint density at radius 2 is 1.94 bits per heavy atom. The molecule has 32 heavy (non-hydrogen) atoms. The lowest BCUT2D eigenvalue weighted by Crippen LogP contribution is -2.38. The van der Waals surface area contributed by atoms with Crippen LogP contribution in [0.4, 0.5) is 5.69 Å². The number of fused-ring (bicyclic) bond motifs is 1. The fourth-order valence-corrected chi connectivity index (χ4v) is 4.49. The van der Waals surface area contributed by atoms with E-state index in [4.69, 9.17) is 4.98 Å². The fourth-order valence-electron chi connectivity index (χ4n) is 4.49. The van der Waals surface area contributed by atoms with Crippen LogP contribution in [0.5, 0.6) is 0 Å². The molecular formula is C25H39N5O2. The smallest absolute Gasteiger partial charge is 0.261 e. The van der Waals surface area contributed by atoms with Crippen LogP contribution in [0, 0.1) is 5.92 Å². The Morgan fingerprint density at radius 3 is 2.59 bits per heavy atom. The van der Waals surface area contributed by atoms with E-state index in [1.165, 1.54) is 0 Å². The van der Waals surface area contributed by atoms with E-state index in [0.717, 1.165) is 38.2 Å². The summed E-state index contributed by atoms with van der Waals surface area (Å²) in [7, 11) is 2.16. The minimum Gasteiger partial charge on any atom is -0.367 e. The van der Waals surface area contributed by atoms with Gasteiger partial charge in [0.15, 0.2) is 0 Å². The summed E-state index contributed by atoms with van der Waals surface area (Å²) in [6, 6.07) is 6.52. The molecule has 0 saturated carbocycles. The number of amides is 1. The average molecular weight is 442 g/mol. The third kappa shape index (κ3) is 5.68. The molecule has 1 saturated heterocycles. The van der Waals surface area contributed by atoms with Crippen molar-refractivity contribution in [2.75, 3.05) is 31.6 Å². The van der Waals surface area contributed by atoms with Gasteiger partial charge in [-0.1, -0.05) is 20.8 Å². The standard InChI is InChI=1S/C25H39N5O2/c1-7-19-10-11-28(6)12-13-29(19)20-8-9-22-21(15-20)25(32)30(16-24(31)26-18(4)5)23(27-22)14-17(2)3/h8-9,15,17-19H,7,10-14,16H2,1-6H3,(H,26,31). The lowest BCUT2D eigenvalue weighted by molar-refractivity contribution is -0.122. The normalized spacial score (nSPS) is 17.9. The highest BCUT2D eigenvalue weighted by Crippen LogP contribution is 2.25. The molecule has 1 unspecified atom stereocenters. The molecule has 0 radical (unpaired) electrons. The van der Waals surface area contributed by atoms with Crippen LogP contribution in [0.3, 0.4) is 0 Å². The molecule has 7 nitrogen and oxygen atoms in total. The highest BCUT2D eigenvalue weighted by atomic mass is 16.2. The SMILES string of the molecule is CCC1CCN(C)CCN1c1ccc2nc(CC(C)C)n(CC(=O)NC(C)C)c(=O)c2c1. The molecule has 1 aromatic heterocycles. The van der Waals surface area contributed by atoms with E-state index in [0.29, 0.717) is 35.1 Å². The molecule has 7 heteroatoms. The molecule has 0 aliphatic carbocycles. The van der Waals surface area contributed by atoms with E-state index in [1.54, 1.807) is 4.57 Å². The van der Waals surface area contributed by atoms with Crippen molar-refractivity contribution < 1.29 is 4.79 Å². The number of rotatable bonds is 7. The van der Waals surface area contributed by atoms with E-state index in [-0.39, 0.29) is 24.1 Å². The molecule has 1 aromatic carbocycles. The lowest BCUT2D eigenvalue weighted by Gasteiger charge is -2.31. The van der Waals surface area contributed by atoms with Crippen molar-refractivity contribution >= 4 is 22.5 Å². The number of anilines is 1. The molecule has 3 rings (SSSR count). The van der Waals surface area contributed by atoms with Gasteiger partial charge in [0.25, 0.3) is 5.56 Å². The van der Waals surface area contributed by atoms with E-state index in [1.807, 2.05) is 26.0 Å². The van der Waals surface area contributed by atoms with Crippen molar-refractivity contribution in [3.05, 3.63) is 34.4 Å². The molecule has 2 heterocycles. The summed E-state index contributed by atoms with van der Waals surface area (Å²) in [4.78, 5) is 35.7. The third-order valence-corrected chi connectivity index (χ3v) is 6.17. The molecule has 1 atom stereocenters. The van der Waals surface area contributed by atoms with Crippen LogP contribution in [0.1, 0.15) is 53.3 Å². The lowest BCUT2D eigenvalue weighted by atomic mass is 10.1. The van der Waals surface area contributed by atoms with Crippen LogP contribution in [0.2, 0.25) is 0 Å². The number of likely N-dealkylation sites (N-methyl/N-ethyl adjacent to an activating group) is 1. The molecule has 2 aromatic rings. The quantitative estimate of drug-likeness (QED) is 0.715. The Bertz CT molecular complexity index is 998. The van der Waals surface area contributed by atoms with E-state index < -0.39 is 0 Å². The fraction of sp³-hybridized carbons (Fsp3) is 0.640. The molecule has 1 aliphatic rings. The second kappa shape index (κ2) is 10.5. The van der Waals surface area contributed by atoms with Crippen molar-refractivity contribution in [2.24, 2.45) is 5.92 Å². The Hall–Kier alpha value is -2.41. The average Bonchev–Trinajstić information content (AvgIpc) is 2.91. The highest BCUT2D eigenvalue weighted by molar-refractivity contribution is 5.83. The van der Waals surface area contributed by atoms with Gasteiger partial charge in [-0.05, 0) is 64.4 Å². The van der Waals surface area contributed by atoms with Crippen molar-refractivity contribution in [1.82, 2.24) is 19.8 Å². The molecule has 0 spiro atoms. The van der Waals surface area contributed by atoms with Gasteiger partial charge in [0, 0.05) is 37.3 Å². The summed E-state index contributed by atoms with van der Waals surface area (Å²) < 4.78 is 1.57. The van der Waals surface area contributed by atoms with Gasteiger partial charge in [-0.2, -0.15) is 0 Å². The second-order valence-corrected chi connectivity index (χ2v) is 9.79. The second-order valence-electron chi connectivity index (χ2n) is 9.79. The number of hydrogen-bond donors (Lipinski definition) is 1. The minimum absolute atomic E-state index is 0.00166. The first-order chi connectivity index (χ1) is 15.2. The first-order valence-electron chi connectivity index (χ1n) is 12.0. The maximum Gasteiger partial charge on any atom is 0.261 e. The first kappa shape index (κ1) is 24.2. The van der Waals surface area contributed by atoms with Crippen molar-refractivity contribution in [3.8, 4) is 0 Å². The number of carbonyl (C=O) groups is 1. The molecule has 0 bridgehead atoms. The Kier molecular flexibility index (Phi) is 7.93. The predicted molar refractivity (Wildman–Crippen MR) is 131 cm³/mol. The van der Waals surface area contributed by atoms with Gasteiger partial charge in [0.2, 0.25) is 5.91 Å². The zero-order valence-corrected chi connectivity index (χ0v) is 20.5. The van der Waals surface area contributed by atoms with Crippen LogP contribution in [0.15, 0.2) is 23.0 Å². The van der Waals surface area contributed by atoms with Gasteiger partial charge in [-0.15, -0.1) is 0 Å². The van der Waals surface area contributed by atoms with Crippen molar-refractivity contribution in [1.29, 1.82) is 0 Å². The first-order valence-corrected chi connectivity index (χ1v) is 12.0. The van der Waals surface area contributed by atoms with E-state index in [9.17, 15) is 9.59 Å². The van der Waals surface area contributed by atoms with Crippen LogP contribution in [0.25, 0.3) is 10.9 Å². The number of nitrogens with one attached hydrogen (secondary N) is 1. The monoisotopic (exact) mass is 441 g/mol. The maximum absolute atomic E-state index is 13.6. The van der Waals surface area contributed by atoms with E-state index >= 15 is 0 Å². The number of benzene rings is 1. The number of aromatic nitrogens is 2. The van der Waals surface area contributed by atoms with Gasteiger partial charge in [-0.3, -0.25) is 14.2 Å². The molecule has 1 fully saturated rings. The molecule has 1 amide bonds. The zero-order chi connectivity index (χ0) is 23.4. The van der Waals surface area contributed by atoms with Crippen molar-refractivity contribution in [2.45, 2.75) is 72.5 Å². The third-order valence-electron chi connectivity index (χ3n) is 6.17. The largest absolute Gasteiger partial charge is 0.367 e. The van der Waals surface area contributed by atoms with Gasteiger partial charge >= 0.3 is 0 Å². The Balaban J connectivity index is 2.06. The molecule has 1 aliphatic heterocycles. The summed E-state index contributed by atoms with van der Waals surface area (Å²) in [5.41, 5.74) is 1.63. The maximum atomic E-state index is 13.6. The number of carbonyl (C=O) groups excluding carboxylic acids is 1. The van der Waals surface area contributed by atoms with E-state index in [2.05, 4.69) is 49.0 Å². The topological polar surface area (TPSA) is 70.5 Å². The van der Waals surface area contributed by atoms with Crippen LogP contribution >= 0.6 is 0 Å². The van der Waals surface area contributed by atoms with Crippen LogP contribution < -0.4 is 15.8 Å². The van der Waals surface area contributed by atoms with Gasteiger partial charge in [0.05, 0.1) is 10.9 Å². The number of nitrogens with zero attached hydrogens (tertiary/aromatic N) is 4. The van der Waals surface area contributed by atoms with Gasteiger partial charge in [0.1, 0.15) is 12.4 Å². The van der Waals surface area contributed by atoms with Crippen LogP contribution in [-0.4, -0.2) is 59.1 Å². The zero-order valence-electron chi connectivity index (χ0n) is 20.5. The Labute approximate surface area is 191 Å².